The second-order valence-electron chi connectivity index (χ2n) is 7.33. The molecule has 0 amide bonds. The Morgan fingerprint density at radius 3 is 2.00 bits per heavy atom. The smallest absolute Gasteiger partial charge is 0.326 e. The molecule has 0 radical (unpaired) electrons. The highest BCUT2D eigenvalue weighted by Crippen LogP contribution is 2.28. The molecule has 6 atom stereocenters. The van der Waals surface area contributed by atoms with Crippen LogP contribution in [0.25, 0.3) is 0 Å². The number of nitriles is 1. The predicted molar refractivity (Wildman–Crippen MR) is 117 cm³/mol. The van der Waals surface area contributed by atoms with Crippen molar-refractivity contribution in [3.8, 4) is 6.07 Å². The lowest BCUT2D eigenvalue weighted by Gasteiger charge is -2.44. The van der Waals surface area contributed by atoms with Crippen LogP contribution in [0.2, 0.25) is 0 Å². The van der Waals surface area contributed by atoms with Gasteiger partial charge < -0.3 is 39.4 Å². The Labute approximate surface area is 206 Å². The summed E-state index contributed by atoms with van der Waals surface area (Å²) in [5.41, 5.74) is 0. The van der Waals surface area contributed by atoms with Crippen molar-refractivity contribution in [2.75, 3.05) is 6.61 Å². The second kappa shape index (κ2) is 14.0. The van der Waals surface area contributed by atoms with Crippen LogP contribution in [0.5, 0.6) is 0 Å². The first kappa shape index (κ1) is 29.5. The number of esters is 4. The fraction of sp³-hybridized carbons (Fsp3) is 0.650. The van der Waals surface area contributed by atoms with Crippen LogP contribution in [-0.4, -0.2) is 83.4 Å². The number of nitrogens with zero attached hydrogens (tertiary/aromatic N) is 1. The van der Waals surface area contributed by atoms with Crippen molar-refractivity contribution >= 4 is 47.2 Å². The van der Waals surface area contributed by atoms with Crippen LogP contribution >= 0.6 is 12.2 Å². The number of carboxylic acid groups (broad SMARTS) is 1. The van der Waals surface area contributed by atoms with Crippen molar-refractivity contribution in [3.63, 3.8) is 0 Å². The summed E-state index contributed by atoms with van der Waals surface area (Å²) in [5, 5.41) is 22.9. The van der Waals surface area contributed by atoms with Crippen LogP contribution < -0.4 is 10.6 Å². The molecule has 1 aliphatic rings. The van der Waals surface area contributed by atoms with E-state index in [2.05, 4.69) is 10.6 Å². The van der Waals surface area contributed by atoms with Gasteiger partial charge in [0, 0.05) is 34.1 Å². The van der Waals surface area contributed by atoms with E-state index in [4.69, 9.17) is 41.2 Å². The molecule has 35 heavy (non-hydrogen) atoms. The molecule has 1 saturated heterocycles. The molecular weight excluding hydrogens is 490 g/mol. The molecular formula is C20H27N3O11S. The van der Waals surface area contributed by atoms with Crippen LogP contribution in [-0.2, 0) is 47.7 Å². The number of hydrogen-bond donors (Lipinski definition) is 3. The molecule has 0 aliphatic carbocycles. The monoisotopic (exact) mass is 517 g/mol. The Morgan fingerprint density at radius 1 is 0.971 bits per heavy atom. The molecule has 0 saturated carbocycles. The molecule has 15 heteroatoms. The van der Waals surface area contributed by atoms with Gasteiger partial charge in [0.2, 0.25) is 0 Å². The molecule has 1 fully saturated rings. The maximum atomic E-state index is 11.8. The Bertz CT molecular complexity index is 875. The summed E-state index contributed by atoms with van der Waals surface area (Å²) in [6.07, 6.45) is -6.87. The zero-order valence-electron chi connectivity index (χ0n) is 19.5. The van der Waals surface area contributed by atoms with Crippen LogP contribution in [0.1, 0.15) is 40.5 Å². The first-order valence-electron chi connectivity index (χ1n) is 10.3. The summed E-state index contributed by atoms with van der Waals surface area (Å²) < 4.78 is 26.6. The van der Waals surface area contributed by atoms with Gasteiger partial charge in [-0.2, -0.15) is 5.26 Å². The average molecular weight is 518 g/mol. The highest BCUT2D eigenvalue weighted by atomic mass is 32.1. The average Bonchev–Trinajstić information content (AvgIpc) is 2.72. The molecule has 0 unspecified atom stereocenters. The van der Waals surface area contributed by atoms with Gasteiger partial charge in [-0.3, -0.25) is 19.2 Å². The van der Waals surface area contributed by atoms with E-state index in [-0.39, 0.29) is 18.0 Å². The Morgan fingerprint density at radius 2 is 1.51 bits per heavy atom. The zero-order chi connectivity index (χ0) is 26.7. The molecule has 1 heterocycles. The molecule has 14 nitrogen and oxygen atoms in total. The van der Waals surface area contributed by atoms with Gasteiger partial charge in [0.15, 0.2) is 29.7 Å². The third-order valence-corrected chi connectivity index (χ3v) is 4.65. The summed E-state index contributed by atoms with van der Waals surface area (Å²) in [7, 11) is 0. The number of hydrogen-bond acceptors (Lipinski definition) is 12. The molecule has 0 aromatic heterocycles. The summed E-state index contributed by atoms with van der Waals surface area (Å²) in [6.45, 7) is 3.94. The number of nitrogens with one attached hydrogen (secondary N) is 2. The lowest BCUT2D eigenvalue weighted by molar-refractivity contribution is -0.254. The topological polar surface area (TPSA) is 200 Å². The van der Waals surface area contributed by atoms with E-state index in [9.17, 15) is 29.1 Å². The van der Waals surface area contributed by atoms with E-state index in [0.717, 1.165) is 27.7 Å². The molecule has 1 rings (SSSR count). The third-order valence-electron chi connectivity index (χ3n) is 4.41. The lowest BCUT2D eigenvalue weighted by Crippen LogP contribution is -2.67. The number of ether oxygens (including phenoxy) is 5. The van der Waals surface area contributed by atoms with E-state index in [1.54, 1.807) is 0 Å². The van der Waals surface area contributed by atoms with Crippen molar-refractivity contribution < 1.29 is 52.8 Å². The van der Waals surface area contributed by atoms with Gasteiger partial charge >= 0.3 is 29.8 Å². The number of carbonyl (C=O) groups excluding carboxylic acids is 4. The quantitative estimate of drug-likeness (QED) is 0.186. The summed E-state index contributed by atoms with van der Waals surface area (Å²) in [6, 6.07) is 0.607. The van der Waals surface area contributed by atoms with E-state index >= 15 is 0 Å². The Kier molecular flexibility index (Phi) is 11.8. The van der Waals surface area contributed by atoms with Gasteiger partial charge in [-0.15, -0.1) is 0 Å². The van der Waals surface area contributed by atoms with E-state index in [1.807, 2.05) is 6.07 Å². The Balaban J connectivity index is 3.30. The SMILES string of the molecule is CC(=O)OC[C@H]1O[C@@H](NC(=S)N[C@H](CCC#N)C(=O)O)[C@H](OC(C)=O)[C@@H](OC(C)=O)[C@@H]1OC(C)=O. The molecule has 194 valence electrons. The number of carboxylic acids is 1. The van der Waals surface area contributed by atoms with Crippen molar-refractivity contribution in [3.05, 3.63) is 0 Å². The van der Waals surface area contributed by atoms with Gasteiger partial charge in [0.25, 0.3) is 0 Å². The van der Waals surface area contributed by atoms with Crippen LogP contribution in [0.4, 0.5) is 0 Å². The lowest BCUT2D eigenvalue weighted by atomic mass is 9.97. The summed E-state index contributed by atoms with van der Waals surface area (Å²) in [4.78, 5) is 58.1. The molecule has 0 spiro atoms. The standard InChI is InChI=1S/C20H27N3O11S/c1-9(24)30-8-14-15(31-10(2)25)16(32-11(3)26)17(33-12(4)27)18(34-14)23-20(35)22-13(19(28)29)6-5-7-21/h13-18H,5-6,8H2,1-4H3,(H,28,29)(H2,22,23,35)/t13-,14-,15-,16+,17-,18-/m1/s1. The molecule has 0 aromatic carbocycles. The molecule has 1 aliphatic heterocycles. The fourth-order valence-electron chi connectivity index (χ4n) is 3.14. The van der Waals surface area contributed by atoms with Gasteiger partial charge in [-0.1, -0.05) is 0 Å². The first-order chi connectivity index (χ1) is 16.3. The van der Waals surface area contributed by atoms with Crippen molar-refractivity contribution in [2.24, 2.45) is 0 Å². The summed E-state index contributed by atoms with van der Waals surface area (Å²) >= 11 is 5.15. The van der Waals surface area contributed by atoms with Crippen molar-refractivity contribution in [1.29, 1.82) is 5.26 Å². The minimum atomic E-state index is -1.42. The van der Waals surface area contributed by atoms with Gasteiger partial charge in [-0.05, 0) is 18.6 Å². The maximum absolute atomic E-state index is 11.8. The normalized spacial score (nSPS) is 24.0. The van der Waals surface area contributed by atoms with Crippen molar-refractivity contribution in [2.45, 2.75) is 77.2 Å². The molecule has 0 bridgehead atoms. The number of thiocarbonyl (C=S) groups is 1. The largest absolute Gasteiger partial charge is 0.480 e. The first-order valence-corrected chi connectivity index (χ1v) is 10.7. The number of rotatable bonds is 10. The van der Waals surface area contributed by atoms with Gasteiger partial charge in [-0.25, -0.2) is 4.79 Å². The number of carbonyl (C=O) groups is 5. The zero-order valence-corrected chi connectivity index (χ0v) is 20.3. The predicted octanol–water partition coefficient (Wildman–Crippen LogP) is -0.709. The minimum Gasteiger partial charge on any atom is -0.480 e. The Hall–Kier alpha value is -3.51. The van der Waals surface area contributed by atoms with Crippen LogP contribution in [0.15, 0.2) is 0 Å². The highest BCUT2D eigenvalue weighted by molar-refractivity contribution is 7.80. The third kappa shape index (κ3) is 10.1. The van der Waals surface area contributed by atoms with Gasteiger partial charge in [0.05, 0.1) is 6.07 Å². The van der Waals surface area contributed by atoms with Gasteiger partial charge in [0.1, 0.15) is 18.8 Å². The molecule has 3 N–H and O–H groups in total. The van der Waals surface area contributed by atoms with E-state index in [0.29, 0.717) is 0 Å². The minimum absolute atomic E-state index is 0.0633. The van der Waals surface area contributed by atoms with E-state index in [1.165, 1.54) is 0 Å². The fourth-order valence-corrected chi connectivity index (χ4v) is 3.40. The van der Waals surface area contributed by atoms with E-state index < -0.39 is 73.1 Å². The number of aliphatic carboxylic acids is 1. The van der Waals surface area contributed by atoms with Crippen LogP contribution in [0, 0.1) is 11.3 Å². The second-order valence-corrected chi connectivity index (χ2v) is 7.73. The van der Waals surface area contributed by atoms with Crippen molar-refractivity contribution in [1.82, 2.24) is 10.6 Å². The van der Waals surface area contributed by atoms with Crippen LogP contribution in [0.3, 0.4) is 0 Å². The maximum Gasteiger partial charge on any atom is 0.326 e. The highest BCUT2D eigenvalue weighted by Gasteiger charge is 2.52. The summed E-state index contributed by atoms with van der Waals surface area (Å²) in [5.74, 6) is -4.34. The molecule has 0 aromatic rings.